The van der Waals surface area contributed by atoms with Crippen LogP contribution in [0.25, 0.3) is 0 Å². The Morgan fingerprint density at radius 1 is 1.36 bits per heavy atom. The Morgan fingerprint density at radius 3 is 2.36 bits per heavy atom. The van der Waals surface area contributed by atoms with E-state index >= 15 is 0 Å². The summed E-state index contributed by atoms with van der Waals surface area (Å²) < 4.78 is 0. The van der Waals surface area contributed by atoms with Crippen LogP contribution in [-0.2, 0) is 4.79 Å². The maximum Gasteiger partial charge on any atom is 0.297 e. The van der Waals surface area contributed by atoms with Gasteiger partial charge in [-0.15, -0.1) is 0 Å². The third kappa shape index (κ3) is 1.78. The number of carbonyl (C=O) groups is 1. The molecule has 14 heavy (non-hydrogen) atoms. The highest BCUT2D eigenvalue weighted by Crippen LogP contribution is 2.15. The molecule has 1 aliphatic heterocycles. The number of nitro groups is 2. The second-order valence-electron chi connectivity index (χ2n) is 3.19. The van der Waals surface area contributed by atoms with Crippen LogP contribution in [0.15, 0.2) is 0 Å². The van der Waals surface area contributed by atoms with Crippen LogP contribution < -0.4 is 0 Å². The van der Waals surface area contributed by atoms with E-state index < -0.39 is 27.8 Å². The third-order valence-corrected chi connectivity index (χ3v) is 2.19. The maximum atomic E-state index is 11.2. The second-order valence-corrected chi connectivity index (χ2v) is 3.19. The third-order valence-electron chi connectivity index (χ3n) is 2.19. The van der Waals surface area contributed by atoms with Crippen LogP contribution >= 0.6 is 0 Å². The Labute approximate surface area is 78.8 Å². The molecule has 2 unspecified atom stereocenters. The standard InChI is InChI=1S/C6H9N3O5/c1-7-3-4(8(11)12)2-5(6(7)10)9(13)14/h4-5H,2-3H2,1H3. The van der Waals surface area contributed by atoms with Crippen molar-refractivity contribution < 1.29 is 14.6 Å². The molecule has 8 nitrogen and oxygen atoms in total. The topological polar surface area (TPSA) is 107 Å². The van der Waals surface area contributed by atoms with E-state index in [-0.39, 0.29) is 13.0 Å². The molecule has 1 aliphatic rings. The molecule has 0 radical (unpaired) electrons. The van der Waals surface area contributed by atoms with Crippen molar-refractivity contribution in [3.63, 3.8) is 0 Å². The number of likely N-dealkylation sites (N-methyl/N-ethyl adjacent to an activating group) is 1. The molecular weight excluding hydrogens is 194 g/mol. The molecule has 0 aliphatic carbocycles. The average molecular weight is 203 g/mol. The summed E-state index contributed by atoms with van der Waals surface area (Å²) in [5, 5.41) is 20.8. The monoisotopic (exact) mass is 203 g/mol. The molecule has 0 saturated carbocycles. The normalized spacial score (nSPS) is 27.5. The van der Waals surface area contributed by atoms with Crippen molar-refractivity contribution in [2.45, 2.75) is 18.5 Å². The van der Waals surface area contributed by atoms with E-state index in [1.807, 2.05) is 0 Å². The first-order chi connectivity index (χ1) is 6.43. The lowest BCUT2D eigenvalue weighted by atomic mass is 10.0. The molecule has 0 bridgehead atoms. The zero-order valence-electron chi connectivity index (χ0n) is 7.45. The minimum atomic E-state index is -1.47. The lowest BCUT2D eigenvalue weighted by Gasteiger charge is -2.26. The van der Waals surface area contributed by atoms with Gasteiger partial charge in [0, 0.05) is 16.9 Å². The van der Waals surface area contributed by atoms with Crippen LogP contribution in [0.4, 0.5) is 0 Å². The summed E-state index contributed by atoms with van der Waals surface area (Å²) >= 11 is 0. The minimum absolute atomic E-state index is 0.0594. The van der Waals surface area contributed by atoms with Gasteiger partial charge in [-0.3, -0.25) is 25.0 Å². The Kier molecular flexibility index (Phi) is 2.63. The number of hydrogen-bond acceptors (Lipinski definition) is 5. The first kappa shape index (κ1) is 10.4. The summed E-state index contributed by atoms with van der Waals surface area (Å²) in [5.74, 6) is -0.659. The van der Waals surface area contributed by atoms with Gasteiger partial charge in [-0.25, -0.2) is 0 Å². The van der Waals surface area contributed by atoms with E-state index in [2.05, 4.69) is 0 Å². The predicted molar refractivity (Wildman–Crippen MR) is 43.8 cm³/mol. The zero-order chi connectivity index (χ0) is 10.9. The number of rotatable bonds is 2. The predicted octanol–water partition coefficient (Wildman–Crippen LogP) is -0.861. The van der Waals surface area contributed by atoms with E-state index in [0.29, 0.717) is 0 Å². The molecule has 1 amide bonds. The Balaban J connectivity index is 2.81. The first-order valence-corrected chi connectivity index (χ1v) is 3.95. The maximum absolute atomic E-state index is 11.2. The van der Waals surface area contributed by atoms with Gasteiger partial charge < -0.3 is 4.90 Å². The highest BCUT2D eigenvalue weighted by Gasteiger charge is 2.45. The average Bonchev–Trinajstić information content (AvgIpc) is 2.08. The molecule has 0 aromatic rings. The number of hydrogen-bond donors (Lipinski definition) is 0. The van der Waals surface area contributed by atoms with Gasteiger partial charge in [0.2, 0.25) is 6.04 Å². The van der Waals surface area contributed by atoms with Crippen LogP contribution in [0, 0.1) is 20.2 Å². The lowest BCUT2D eigenvalue weighted by molar-refractivity contribution is -0.558. The molecular formula is C6H9N3O5. The van der Waals surface area contributed by atoms with Crippen LogP contribution in [0.5, 0.6) is 0 Å². The Hall–Kier alpha value is -1.73. The zero-order valence-corrected chi connectivity index (χ0v) is 7.45. The van der Waals surface area contributed by atoms with Crippen molar-refractivity contribution in [2.24, 2.45) is 0 Å². The Bertz CT molecular complexity index is 291. The summed E-state index contributed by atoms with van der Waals surface area (Å²) in [6.07, 6.45) is -0.316. The SMILES string of the molecule is CN1CC([N+](=O)[O-])CC([N+](=O)[O-])C1=O. The summed E-state index contributed by atoms with van der Waals surface area (Å²) in [6.45, 7) is -0.0594. The van der Waals surface area contributed by atoms with Gasteiger partial charge in [-0.1, -0.05) is 0 Å². The van der Waals surface area contributed by atoms with Gasteiger partial charge in [-0.05, 0) is 0 Å². The molecule has 0 aromatic carbocycles. The van der Waals surface area contributed by atoms with Crippen LogP contribution in [0.3, 0.4) is 0 Å². The molecule has 0 spiro atoms. The fourth-order valence-electron chi connectivity index (χ4n) is 1.42. The smallest absolute Gasteiger partial charge is 0.297 e. The van der Waals surface area contributed by atoms with Crippen LogP contribution in [0.1, 0.15) is 6.42 Å². The quantitative estimate of drug-likeness (QED) is 0.428. The van der Waals surface area contributed by atoms with E-state index in [0.717, 1.165) is 4.90 Å². The Morgan fingerprint density at radius 2 is 1.93 bits per heavy atom. The molecule has 1 heterocycles. The van der Waals surface area contributed by atoms with Crippen molar-refractivity contribution >= 4 is 5.91 Å². The van der Waals surface area contributed by atoms with Crippen molar-refractivity contribution in [3.8, 4) is 0 Å². The molecule has 0 N–H and O–H groups in total. The fraction of sp³-hybridized carbons (Fsp3) is 0.833. The number of likely N-dealkylation sites (tertiary alicyclic amines) is 1. The van der Waals surface area contributed by atoms with Crippen molar-refractivity contribution in [1.29, 1.82) is 0 Å². The summed E-state index contributed by atoms with van der Waals surface area (Å²) in [5.41, 5.74) is 0. The highest BCUT2D eigenvalue weighted by atomic mass is 16.6. The molecule has 8 heteroatoms. The highest BCUT2D eigenvalue weighted by molar-refractivity contribution is 5.81. The molecule has 1 saturated heterocycles. The molecule has 1 fully saturated rings. The molecule has 0 aromatic heterocycles. The number of amides is 1. The summed E-state index contributed by atoms with van der Waals surface area (Å²) in [6, 6.07) is -2.50. The lowest BCUT2D eigenvalue weighted by Crippen LogP contribution is -2.53. The van der Waals surface area contributed by atoms with Crippen molar-refractivity contribution in [2.75, 3.05) is 13.6 Å². The van der Waals surface area contributed by atoms with Gasteiger partial charge in [-0.2, -0.15) is 0 Å². The van der Waals surface area contributed by atoms with Crippen LogP contribution in [-0.4, -0.2) is 46.3 Å². The summed E-state index contributed by atoms with van der Waals surface area (Å²) in [7, 11) is 1.33. The number of nitrogens with zero attached hydrogens (tertiary/aromatic N) is 3. The van der Waals surface area contributed by atoms with Crippen LogP contribution in [0.2, 0.25) is 0 Å². The van der Waals surface area contributed by atoms with Gasteiger partial charge >= 0.3 is 0 Å². The van der Waals surface area contributed by atoms with Crippen molar-refractivity contribution in [3.05, 3.63) is 20.2 Å². The van der Waals surface area contributed by atoms with E-state index in [4.69, 9.17) is 0 Å². The number of piperidine rings is 1. The van der Waals surface area contributed by atoms with E-state index in [9.17, 15) is 25.0 Å². The minimum Gasteiger partial charge on any atom is -0.333 e. The fourth-order valence-corrected chi connectivity index (χ4v) is 1.42. The van der Waals surface area contributed by atoms with Gasteiger partial charge in [0.05, 0.1) is 13.0 Å². The summed E-state index contributed by atoms with van der Waals surface area (Å²) in [4.78, 5) is 31.7. The molecule has 2 atom stereocenters. The largest absolute Gasteiger partial charge is 0.333 e. The van der Waals surface area contributed by atoms with E-state index in [1.54, 1.807) is 0 Å². The van der Waals surface area contributed by atoms with Gasteiger partial charge in [0.25, 0.3) is 11.9 Å². The molecule has 1 rings (SSSR count). The van der Waals surface area contributed by atoms with Gasteiger partial charge in [0.1, 0.15) is 0 Å². The van der Waals surface area contributed by atoms with Gasteiger partial charge in [0.15, 0.2) is 0 Å². The second kappa shape index (κ2) is 3.56. The first-order valence-electron chi connectivity index (χ1n) is 3.95. The molecule has 78 valence electrons. The van der Waals surface area contributed by atoms with E-state index in [1.165, 1.54) is 7.05 Å². The van der Waals surface area contributed by atoms with Crippen molar-refractivity contribution in [1.82, 2.24) is 4.90 Å². The number of carbonyl (C=O) groups excluding carboxylic acids is 1.